The molecule has 6 heteroatoms. The normalized spacial score (nSPS) is 34.6. The molecule has 25 heavy (non-hydrogen) atoms. The van der Waals surface area contributed by atoms with Gasteiger partial charge in [0.25, 0.3) is 5.92 Å². The third kappa shape index (κ3) is 3.28. The summed E-state index contributed by atoms with van der Waals surface area (Å²) >= 11 is 0. The maximum atomic E-state index is 15.0. The van der Waals surface area contributed by atoms with Crippen molar-refractivity contribution in [3.05, 3.63) is 35.1 Å². The Morgan fingerprint density at radius 2 is 1.68 bits per heavy atom. The van der Waals surface area contributed by atoms with Gasteiger partial charge in [-0.15, -0.1) is 0 Å². The van der Waals surface area contributed by atoms with E-state index in [4.69, 9.17) is 0 Å². The van der Waals surface area contributed by atoms with Crippen molar-refractivity contribution in [3.8, 4) is 0 Å². The first-order valence-corrected chi connectivity index (χ1v) is 8.92. The van der Waals surface area contributed by atoms with Gasteiger partial charge in [0, 0.05) is 11.8 Å². The second kappa shape index (κ2) is 6.84. The van der Waals surface area contributed by atoms with Crippen molar-refractivity contribution in [3.63, 3.8) is 0 Å². The number of benzene rings is 1. The highest BCUT2D eigenvalue weighted by molar-refractivity contribution is 5.27. The summed E-state index contributed by atoms with van der Waals surface area (Å²) in [5.74, 6) is -11.0. The second-order valence-corrected chi connectivity index (χ2v) is 7.51. The summed E-state index contributed by atoms with van der Waals surface area (Å²) in [6.07, 6.45) is 1.11. The molecule has 0 aromatic heterocycles. The first kappa shape index (κ1) is 18.6. The Bertz CT molecular complexity index is 605. The van der Waals surface area contributed by atoms with Crippen LogP contribution in [-0.4, -0.2) is 12.1 Å². The van der Waals surface area contributed by atoms with Gasteiger partial charge in [-0.2, -0.15) is 0 Å². The fourth-order valence-corrected chi connectivity index (χ4v) is 4.74. The average Bonchev–Trinajstić information content (AvgIpc) is 2.69. The molecule has 2 saturated carbocycles. The minimum Gasteiger partial charge on any atom is -0.247 e. The minimum absolute atomic E-state index is 0.0493. The molecule has 0 bridgehead atoms. The van der Waals surface area contributed by atoms with Crippen molar-refractivity contribution in [2.24, 2.45) is 17.8 Å². The van der Waals surface area contributed by atoms with Gasteiger partial charge in [-0.25, -0.2) is 26.3 Å². The van der Waals surface area contributed by atoms with Crippen molar-refractivity contribution in [1.29, 1.82) is 0 Å². The molecule has 0 saturated heterocycles. The van der Waals surface area contributed by atoms with Crippen LogP contribution in [0.3, 0.4) is 0 Å². The van der Waals surface area contributed by atoms with E-state index in [-0.39, 0.29) is 30.2 Å². The van der Waals surface area contributed by atoms with Crippen molar-refractivity contribution in [2.75, 3.05) is 0 Å². The fraction of sp³-hybridized carbons (Fsp3) is 0.684. The van der Waals surface area contributed by atoms with Gasteiger partial charge in [-0.3, -0.25) is 0 Å². The second-order valence-electron chi connectivity index (χ2n) is 7.51. The predicted octanol–water partition coefficient (Wildman–Crippen LogP) is 6.40. The van der Waals surface area contributed by atoms with Crippen LogP contribution in [0.15, 0.2) is 12.1 Å². The van der Waals surface area contributed by atoms with Gasteiger partial charge in [0.1, 0.15) is 6.17 Å². The van der Waals surface area contributed by atoms with Crippen molar-refractivity contribution in [2.45, 2.75) is 63.5 Å². The Kier molecular flexibility index (Phi) is 5.09. The van der Waals surface area contributed by atoms with Gasteiger partial charge < -0.3 is 0 Å². The van der Waals surface area contributed by atoms with Crippen LogP contribution in [0.4, 0.5) is 26.3 Å². The molecular weight excluding hydrogens is 342 g/mol. The average molecular weight is 364 g/mol. The molecule has 0 N–H and O–H groups in total. The number of rotatable bonds is 3. The lowest BCUT2D eigenvalue weighted by Crippen LogP contribution is -2.32. The van der Waals surface area contributed by atoms with E-state index in [1.165, 1.54) is 0 Å². The lowest BCUT2D eigenvalue weighted by Gasteiger charge is -2.27. The Labute approximate surface area is 143 Å². The molecule has 1 aromatic carbocycles. The third-order valence-electron chi connectivity index (χ3n) is 6.03. The molecule has 0 radical (unpaired) electrons. The third-order valence-corrected chi connectivity index (χ3v) is 6.03. The zero-order valence-electron chi connectivity index (χ0n) is 14.1. The van der Waals surface area contributed by atoms with Crippen molar-refractivity contribution in [1.82, 2.24) is 0 Å². The number of hydrogen-bond donors (Lipinski definition) is 0. The molecule has 5 atom stereocenters. The Hall–Kier alpha value is -1.20. The first-order chi connectivity index (χ1) is 11.8. The largest absolute Gasteiger partial charge is 0.258 e. The van der Waals surface area contributed by atoms with Crippen molar-refractivity contribution < 1.29 is 26.3 Å². The number of alkyl halides is 3. The molecule has 1 aromatic rings. The van der Waals surface area contributed by atoms with Gasteiger partial charge in [0.2, 0.25) is 0 Å². The smallest absolute Gasteiger partial charge is 0.247 e. The highest BCUT2D eigenvalue weighted by Gasteiger charge is 2.58. The van der Waals surface area contributed by atoms with Crippen LogP contribution in [0.1, 0.15) is 56.9 Å². The maximum Gasteiger partial charge on any atom is 0.258 e. The summed E-state index contributed by atoms with van der Waals surface area (Å²) in [7, 11) is 0. The lowest BCUT2D eigenvalue weighted by molar-refractivity contribution is -0.0687. The van der Waals surface area contributed by atoms with E-state index in [1.54, 1.807) is 0 Å². The van der Waals surface area contributed by atoms with Crippen LogP contribution in [0, 0.1) is 35.2 Å². The van der Waals surface area contributed by atoms with Gasteiger partial charge in [-0.1, -0.05) is 13.3 Å². The van der Waals surface area contributed by atoms with Crippen molar-refractivity contribution >= 4 is 0 Å². The maximum absolute atomic E-state index is 15.0. The zero-order valence-corrected chi connectivity index (χ0v) is 14.1. The zero-order chi connectivity index (χ0) is 18.4. The molecule has 0 amide bonds. The summed E-state index contributed by atoms with van der Waals surface area (Å²) < 4.78 is 84.4. The standard InChI is InChI=1S/C19H22F6/c1-2-3-10-4-5-11-6-13(19(24,25)14(11)9-15(10)20)12-7-16(21)18(23)17(22)8-12/h7-8,10-11,13-15H,2-6,9H2,1H3. The summed E-state index contributed by atoms with van der Waals surface area (Å²) in [6, 6.07) is 1.30. The monoisotopic (exact) mass is 364 g/mol. The molecule has 3 rings (SSSR count). The summed E-state index contributed by atoms with van der Waals surface area (Å²) in [5.41, 5.74) is -0.241. The summed E-state index contributed by atoms with van der Waals surface area (Å²) in [4.78, 5) is 0. The predicted molar refractivity (Wildman–Crippen MR) is 82.7 cm³/mol. The van der Waals surface area contributed by atoms with E-state index in [1.807, 2.05) is 6.92 Å². The van der Waals surface area contributed by atoms with E-state index in [2.05, 4.69) is 0 Å². The highest BCUT2D eigenvalue weighted by Crippen LogP contribution is 2.58. The Morgan fingerprint density at radius 3 is 2.28 bits per heavy atom. The van der Waals surface area contributed by atoms with Crippen LogP contribution < -0.4 is 0 Å². The van der Waals surface area contributed by atoms with E-state index in [0.717, 1.165) is 6.42 Å². The quantitative estimate of drug-likeness (QED) is 0.430. The van der Waals surface area contributed by atoms with Crippen LogP contribution >= 0.6 is 0 Å². The van der Waals surface area contributed by atoms with E-state index in [0.29, 0.717) is 31.4 Å². The van der Waals surface area contributed by atoms with Crippen LogP contribution in [0.25, 0.3) is 0 Å². The summed E-state index contributed by atoms with van der Waals surface area (Å²) in [5, 5.41) is 0. The van der Waals surface area contributed by atoms with E-state index in [9.17, 15) is 26.3 Å². The van der Waals surface area contributed by atoms with E-state index >= 15 is 0 Å². The first-order valence-electron chi connectivity index (χ1n) is 8.92. The molecule has 2 aliphatic carbocycles. The Morgan fingerprint density at radius 1 is 1.04 bits per heavy atom. The van der Waals surface area contributed by atoms with Crippen LogP contribution in [0.2, 0.25) is 0 Å². The Balaban J connectivity index is 1.87. The van der Waals surface area contributed by atoms with Gasteiger partial charge >= 0.3 is 0 Å². The van der Waals surface area contributed by atoms with Crippen LogP contribution in [0.5, 0.6) is 0 Å². The number of halogens is 6. The van der Waals surface area contributed by atoms with Gasteiger partial charge in [0.15, 0.2) is 17.5 Å². The minimum atomic E-state index is -3.26. The molecule has 0 nitrogen and oxygen atoms in total. The molecule has 0 heterocycles. The molecule has 2 fully saturated rings. The fourth-order valence-electron chi connectivity index (χ4n) is 4.74. The number of hydrogen-bond acceptors (Lipinski definition) is 0. The van der Waals surface area contributed by atoms with Gasteiger partial charge in [-0.05, 0) is 61.6 Å². The van der Waals surface area contributed by atoms with Gasteiger partial charge in [0.05, 0.1) is 0 Å². The molecular formula is C19H22F6. The van der Waals surface area contributed by atoms with E-state index < -0.39 is 41.4 Å². The summed E-state index contributed by atoms with van der Waals surface area (Å²) in [6.45, 7) is 1.95. The molecule has 0 aliphatic heterocycles. The SMILES string of the molecule is CCCC1CCC2CC(c3cc(F)c(F)c(F)c3)C(F)(F)C2CC1F. The molecule has 5 unspecified atom stereocenters. The van der Waals surface area contributed by atoms with Crippen LogP contribution in [-0.2, 0) is 0 Å². The molecule has 0 spiro atoms. The molecule has 2 aliphatic rings. The number of fused-ring (bicyclic) bond motifs is 1. The topological polar surface area (TPSA) is 0 Å². The lowest BCUT2D eigenvalue weighted by atomic mass is 9.87. The molecule has 140 valence electrons. The highest BCUT2D eigenvalue weighted by atomic mass is 19.3.